The molecule has 1 fully saturated rings. The van der Waals surface area contributed by atoms with Gasteiger partial charge in [0, 0.05) is 6.54 Å². The molecular formula is C13H17N3O2S. The Hall–Kier alpha value is -1.56. The molecule has 1 saturated carbocycles. The highest BCUT2D eigenvalue weighted by atomic mass is 32.2. The SMILES string of the molecule is O=S(=O)(NC1=N[C@@H]2CCC[C@@H]2CN1)c1ccccc1. The minimum atomic E-state index is -3.53. The van der Waals surface area contributed by atoms with Crippen LogP contribution in [0.2, 0.25) is 0 Å². The van der Waals surface area contributed by atoms with Gasteiger partial charge in [0.25, 0.3) is 10.0 Å². The van der Waals surface area contributed by atoms with Gasteiger partial charge in [-0.15, -0.1) is 0 Å². The maximum atomic E-state index is 12.2. The molecule has 5 nitrogen and oxygen atoms in total. The lowest BCUT2D eigenvalue weighted by Gasteiger charge is -2.25. The number of hydrogen-bond acceptors (Lipinski definition) is 4. The maximum absolute atomic E-state index is 12.2. The lowest BCUT2D eigenvalue weighted by molar-refractivity contribution is 0.449. The standard InChI is InChI=1S/C13H17N3O2S/c17-19(18,11-6-2-1-3-7-11)16-13-14-9-10-5-4-8-12(10)15-13/h1-3,6-7,10,12H,4-5,8-9H2,(H2,14,15,16)/t10-,12-/m1/s1. The Bertz CT molecular complexity index is 583. The van der Waals surface area contributed by atoms with E-state index in [0.717, 1.165) is 13.0 Å². The minimum absolute atomic E-state index is 0.257. The maximum Gasteiger partial charge on any atom is 0.264 e. The summed E-state index contributed by atoms with van der Waals surface area (Å²) in [6, 6.07) is 8.62. The first-order valence-corrected chi connectivity index (χ1v) is 8.03. The fourth-order valence-corrected chi connectivity index (χ4v) is 3.73. The first-order valence-electron chi connectivity index (χ1n) is 6.55. The molecule has 1 aromatic carbocycles. The van der Waals surface area contributed by atoms with Crippen molar-refractivity contribution in [2.24, 2.45) is 10.9 Å². The zero-order valence-electron chi connectivity index (χ0n) is 10.5. The molecule has 0 bridgehead atoms. The van der Waals surface area contributed by atoms with Crippen molar-refractivity contribution in [1.82, 2.24) is 10.0 Å². The number of nitrogens with zero attached hydrogens (tertiary/aromatic N) is 1. The molecule has 0 saturated heterocycles. The quantitative estimate of drug-likeness (QED) is 0.851. The summed E-state index contributed by atoms with van der Waals surface area (Å²) in [6.45, 7) is 0.806. The monoisotopic (exact) mass is 279 g/mol. The number of guanidine groups is 1. The number of fused-ring (bicyclic) bond motifs is 1. The summed E-state index contributed by atoms with van der Waals surface area (Å²) >= 11 is 0. The van der Waals surface area contributed by atoms with Crippen LogP contribution >= 0.6 is 0 Å². The van der Waals surface area contributed by atoms with Gasteiger partial charge < -0.3 is 5.32 Å². The van der Waals surface area contributed by atoms with Crippen LogP contribution in [0.1, 0.15) is 19.3 Å². The van der Waals surface area contributed by atoms with Crippen LogP contribution in [0.25, 0.3) is 0 Å². The van der Waals surface area contributed by atoms with Crippen LogP contribution in [-0.4, -0.2) is 27.0 Å². The largest absolute Gasteiger partial charge is 0.355 e. The fourth-order valence-electron chi connectivity index (χ4n) is 2.71. The molecule has 3 rings (SSSR count). The van der Waals surface area contributed by atoms with Gasteiger partial charge >= 0.3 is 0 Å². The summed E-state index contributed by atoms with van der Waals surface area (Å²) < 4.78 is 26.9. The van der Waals surface area contributed by atoms with E-state index in [0.29, 0.717) is 11.9 Å². The van der Waals surface area contributed by atoms with Gasteiger partial charge in [-0.1, -0.05) is 24.6 Å². The highest BCUT2D eigenvalue weighted by Gasteiger charge is 2.31. The topological polar surface area (TPSA) is 70.6 Å². The second kappa shape index (κ2) is 4.85. The van der Waals surface area contributed by atoms with E-state index in [1.54, 1.807) is 30.3 Å². The molecule has 0 amide bonds. The predicted molar refractivity (Wildman–Crippen MR) is 73.3 cm³/mol. The summed E-state index contributed by atoms with van der Waals surface area (Å²) in [5, 5.41) is 3.08. The molecule has 1 aliphatic heterocycles. The van der Waals surface area contributed by atoms with Crippen LogP contribution in [0.5, 0.6) is 0 Å². The van der Waals surface area contributed by atoms with Crippen LogP contribution in [-0.2, 0) is 10.0 Å². The van der Waals surface area contributed by atoms with Crippen molar-refractivity contribution in [3.05, 3.63) is 30.3 Å². The van der Waals surface area contributed by atoms with E-state index >= 15 is 0 Å². The van der Waals surface area contributed by atoms with E-state index in [1.165, 1.54) is 12.8 Å². The zero-order chi connectivity index (χ0) is 13.3. The Morgan fingerprint density at radius 2 is 2.00 bits per heavy atom. The van der Waals surface area contributed by atoms with Crippen LogP contribution in [0.15, 0.2) is 40.2 Å². The molecule has 1 heterocycles. The molecule has 102 valence electrons. The predicted octanol–water partition coefficient (Wildman–Crippen LogP) is 1.09. The number of aliphatic imine (C=N–C) groups is 1. The molecule has 6 heteroatoms. The van der Waals surface area contributed by atoms with E-state index < -0.39 is 10.0 Å². The van der Waals surface area contributed by atoms with Gasteiger partial charge in [0.1, 0.15) is 0 Å². The zero-order valence-corrected chi connectivity index (χ0v) is 11.4. The third-order valence-electron chi connectivity index (χ3n) is 3.73. The van der Waals surface area contributed by atoms with Gasteiger partial charge in [-0.3, -0.25) is 0 Å². The van der Waals surface area contributed by atoms with Crippen LogP contribution < -0.4 is 10.0 Å². The number of nitrogens with one attached hydrogen (secondary N) is 2. The molecular weight excluding hydrogens is 262 g/mol. The highest BCUT2D eigenvalue weighted by molar-refractivity contribution is 7.90. The van der Waals surface area contributed by atoms with E-state index in [2.05, 4.69) is 15.0 Å². The average Bonchev–Trinajstić information content (AvgIpc) is 2.87. The first kappa shape index (κ1) is 12.5. The lowest BCUT2D eigenvalue weighted by atomic mass is 10.0. The Morgan fingerprint density at radius 1 is 1.21 bits per heavy atom. The van der Waals surface area contributed by atoms with Crippen molar-refractivity contribution in [2.75, 3.05) is 6.54 Å². The molecule has 0 unspecified atom stereocenters. The van der Waals surface area contributed by atoms with Crippen molar-refractivity contribution >= 4 is 16.0 Å². The number of hydrogen-bond donors (Lipinski definition) is 2. The second-order valence-electron chi connectivity index (χ2n) is 5.04. The Kier molecular flexibility index (Phi) is 3.18. The highest BCUT2D eigenvalue weighted by Crippen LogP contribution is 2.29. The van der Waals surface area contributed by atoms with Gasteiger partial charge in [0.2, 0.25) is 5.96 Å². The van der Waals surface area contributed by atoms with E-state index in [4.69, 9.17) is 0 Å². The third kappa shape index (κ3) is 2.58. The van der Waals surface area contributed by atoms with Gasteiger partial charge in [-0.05, 0) is 30.9 Å². The van der Waals surface area contributed by atoms with E-state index in [-0.39, 0.29) is 10.9 Å². The smallest absolute Gasteiger partial charge is 0.264 e. The number of benzene rings is 1. The van der Waals surface area contributed by atoms with Gasteiger partial charge in [-0.25, -0.2) is 18.1 Å². The summed E-state index contributed by atoms with van der Waals surface area (Å²) in [6.07, 6.45) is 3.42. The van der Waals surface area contributed by atoms with E-state index in [9.17, 15) is 8.42 Å². The molecule has 2 aliphatic rings. The molecule has 1 aliphatic carbocycles. The molecule has 0 spiro atoms. The third-order valence-corrected chi connectivity index (χ3v) is 5.08. The second-order valence-corrected chi connectivity index (χ2v) is 6.72. The lowest BCUT2D eigenvalue weighted by Crippen LogP contribution is -2.47. The Balaban J connectivity index is 1.78. The normalized spacial score (nSPS) is 26.2. The van der Waals surface area contributed by atoms with Crippen LogP contribution in [0.3, 0.4) is 0 Å². The number of rotatable bonds is 2. The van der Waals surface area contributed by atoms with Crippen molar-refractivity contribution in [3.63, 3.8) is 0 Å². The van der Waals surface area contributed by atoms with Gasteiger partial charge in [0.05, 0.1) is 10.9 Å². The van der Waals surface area contributed by atoms with Crippen LogP contribution in [0.4, 0.5) is 0 Å². The van der Waals surface area contributed by atoms with Gasteiger partial charge in [0.15, 0.2) is 0 Å². The molecule has 0 radical (unpaired) electrons. The fraction of sp³-hybridized carbons (Fsp3) is 0.462. The molecule has 2 N–H and O–H groups in total. The molecule has 19 heavy (non-hydrogen) atoms. The minimum Gasteiger partial charge on any atom is -0.355 e. The van der Waals surface area contributed by atoms with Crippen LogP contribution in [0, 0.1) is 5.92 Å². The van der Waals surface area contributed by atoms with Crippen molar-refractivity contribution in [3.8, 4) is 0 Å². The van der Waals surface area contributed by atoms with E-state index in [1.807, 2.05) is 0 Å². The summed E-state index contributed by atoms with van der Waals surface area (Å²) in [7, 11) is -3.53. The van der Waals surface area contributed by atoms with Crippen molar-refractivity contribution in [1.29, 1.82) is 0 Å². The molecule has 2 atom stereocenters. The molecule has 0 aromatic heterocycles. The number of sulfonamides is 1. The summed E-state index contributed by atoms with van der Waals surface area (Å²) in [5.41, 5.74) is 0. The summed E-state index contributed by atoms with van der Waals surface area (Å²) in [5.74, 6) is 0.942. The first-order chi connectivity index (χ1) is 9.15. The average molecular weight is 279 g/mol. The molecule has 1 aromatic rings. The van der Waals surface area contributed by atoms with Crippen molar-refractivity contribution in [2.45, 2.75) is 30.2 Å². The Labute approximate surface area is 113 Å². The van der Waals surface area contributed by atoms with Crippen molar-refractivity contribution < 1.29 is 8.42 Å². The van der Waals surface area contributed by atoms with Gasteiger partial charge in [-0.2, -0.15) is 0 Å². The summed E-state index contributed by atoms with van der Waals surface area (Å²) in [4.78, 5) is 4.73. The Morgan fingerprint density at radius 3 is 2.79 bits per heavy atom.